The van der Waals surface area contributed by atoms with E-state index in [0.717, 1.165) is 64.7 Å². The van der Waals surface area contributed by atoms with Gasteiger partial charge in [0.05, 0.1) is 6.54 Å². The standard InChI is InChI=1S/C17H38N4O.HI/c1-6-10-13-22-14-11-12-19-17(18-7-2)20-15-16(5)21(8-3)9-4;/h16H,6-15H2,1-5H3,(H2,18,19,20);1H. The van der Waals surface area contributed by atoms with Gasteiger partial charge in [0, 0.05) is 32.3 Å². The number of nitrogens with one attached hydrogen (secondary N) is 2. The third kappa shape index (κ3) is 14.0. The lowest BCUT2D eigenvalue weighted by atomic mass is 10.3. The lowest BCUT2D eigenvalue weighted by Gasteiger charge is -2.25. The van der Waals surface area contributed by atoms with E-state index in [1.54, 1.807) is 0 Å². The van der Waals surface area contributed by atoms with Crippen LogP contribution in [0.3, 0.4) is 0 Å². The van der Waals surface area contributed by atoms with Gasteiger partial charge in [0.2, 0.25) is 0 Å². The summed E-state index contributed by atoms with van der Waals surface area (Å²) < 4.78 is 5.57. The van der Waals surface area contributed by atoms with Crippen LogP contribution in [0.2, 0.25) is 0 Å². The number of aliphatic imine (C=N–C) groups is 1. The largest absolute Gasteiger partial charge is 0.381 e. The number of nitrogens with zero attached hydrogens (tertiary/aromatic N) is 2. The Morgan fingerprint density at radius 2 is 1.70 bits per heavy atom. The highest BCUT2D eigenvalue weighted by atomic mass is 127. The van der Waals surface area contributed by atoms with Crippen molar-refractivity contribution >= 4 is 29.9 Å². The van der Waals surface area contributed by atoms with Crippen LogP contribution in [0.4, 0.5) is 0 Å². The van der Waals surface area contributed by atoms with Gasteiger partial charge in [0.25, 0.3) is 0 Å². The minimum Gasteiger partial charge on any atom is -0.381 e. The number of guanidine groups is 1. The van der Waals surface area contributed by atoms with Crippen LogP contribution in [-0.2, 0) is 4.74 Å². The molecule has 1 atom stereocenters. The molecule has 2 N–H and O–H groups in total. The van der Waals surface area contributed by atoms with Gasteiger partial charge in [-0.15, -0.1) is 24.0 Å². The maximum absolute atomic E-state index is 5.57. The molecule has 0 saturated heterocycles. The molecule has 23 heavy (non-hydrogen) atoms. The van der Waals surface area contributed by atoms with Gasteiger partial charge in [-0.05, 0) is 39.8 Å². The van der Waals surface area contributed by atoms with E-state index in [1.807, 2.05) is 0 Å². The molecule has 0 aromatic carbocycles. The molecule has 0 aromatic rings. The first kappa shape index (κ1) is 25.2. The van der Waals surface area contributed by atoms with Crippen LogP contribution in [-0.4, -0.2) is 62.8 Å². The molecule has 0 bridgehead atoms. The van der Waals surface area contributed by atoms with Crippen molar-refractivity contribution in [1.29, 1.82) is 0 Å². The summed E-state index contributed by atoms with van der Waals surface area (Å²) in [7, 11) is 0. The zero-order chi connectivity index (χ0) is 16.6. The van der Waals surface area contributed by atoms with Crippen molar-refractivity contribution in [3.8, 4) is 0 Å². The average molecular weight is 442 g/mol. The summed E-state index contributed by atoms with van der Waals surface area (Å²) in [6.07, 6.45) is 3.36. The Kier molecular flexibility index (Phi) is 20.0. The van der Waals surface area contributed by atoms with E-state index in [4.69, 9.17) is 4.74 Å². The van der Waals surface area contributed by atoms with E-state index >= 15 is 0 Å². The summed E-state index contributed by atoms with van der Waals surface area (Å²) in [6, 6.07) is 0.475. The Morgan fingerprint density at radius 3 is 2.26 bits per heavy atom. The van der Waals surface area contributed by atoms with Gasteiger partial charge in [-0.2, -0.15) is 0 Å². The van der Waals surface area contributed by atoms with E-state index < -0.39 is 0 Å². The van der Waals surface area contributed by atoms with Gasteiger partial charge < -0.3 is 15.4 Å². The topological polar surface area (TPSA) is 48.9 Å². The van der Waals surface area contributed by atoms with Gasteiger partial charge >= 0.3 is 0 Å². The third-order valence-electron chi connectivity index (χ3n) is 3.69. The first-order valence-electron chi connectivity index (χ1n) is 9.03. The molecule has 0 amide bonds. The van der Waals surface area contributed by atoms with E-state index in [9.17, 15) is 0 Å². The first-order valence-corrected chi connectivity index (χ1v) is 9.03. The lowest BCUT2D eigenvalue weighted by Crippen LogP contribution is -2.40. The summed E-state index contributed by atoms with van der Waals surface area (Å²) in [4.78, 5) is 7.11. The van der Waals surface area contributed by atoms with Crippen LogP contribution < -0.4 is 10.6 Å². The summed E-state index contributed by atoms with van der Waals surface area (Å²) in [5.41, 5.74) is 0. The Balaban J connectivity index is 0. The molecule has 0 aliphatic rings. The van der Waals surface area contributed by atoms with Crippen molar-refractivity contribution in [2.45, 2.75) is 59.9 Å². The molecule has 0 heterocycles. The van der Waals surface area contributed by atoms with E-state index in [1.165, 1.54) is 6.42 Å². The second kappa shape index (κ2) is 18.3. The number of hydrogen-bond acceptors (Lipinski definition) is 3. The normalized spacial score (nSPS) is 12.9. The number of halogens is 1. The molecule has 1 unspecified atom stereocenters. The Hall–Kier alpha value is -0.0800. The fourth-order valence-electron chi connectivity index (χ4n) is 2.26. The smallest absolute Gasteiger partial charge is 0.191 e. The van der Waals surface area contributed by atoms with Crippen LogP contribution in [0, 0.1) is 0 Å². The molecule has 0 aromatic heterocycles. The minimum atomic E-state index is 0. The number of rotatable bonds is 13. The monoisotopic (exact) mass is 442 g/mol. The van der Waals surface area contributed by atoms with E-state index in [2.05, 4.69) is 55.1 Å². The zero-order valence-corrected chi connectivity index (χ0v) is 18.2. The van der Waals surface area contributed by atoms with Crippen molar-refractivity contribution in [3.05, 3.63) is 0 Å². The SMILES string of the molecule is CCCCOCCCNC(=NCC(C)N(CC)CC)NCC.I. The molecule has 0 rings (SSSR count). The molecular weight excluding hydrogens is 403 g/mol. The van der Waals surface area contributed by atoms with Gasteiger partial charge in [0.15, 0.2) is 5.96 Å². The predicted molar refractivity (Wildman–Crippen MR) is 112 cm³/mol. The Labute approximate surface area is 161 Å². The maximum atomic E-state index is 5.57. The maximum Gasteiger partial charge on any atom is 0.191 e. The molecule has 0 aliphatic carbocycles. The fourth-order valence-corrected chi connectivity index (χ4v) is 2.26. The number of likely N-dealkylation sites (N-methyl/N-ethyl adjacent to an activating group) is 1. The fraction of sp³-hybridized carbons (Fsp3) is 0.941. The van der Waals surface area contributed by atoms with Crippen molar-refractivity contribution in [2.24, 2.45) is 4.99 Å². The van der Waals surface area contributed by atoms with Gasteiger partial charge in [-0.25, -0.2) is 0 Å². The Bertz CT molecular complexity index is 273. The van der Waals surface area contributed by atoms with Crippen molar-refractivity contribution in [1.82, 2.24) is 15.5 Å². The van der Waals surface area contributed by atoms with Crippen LogP contribution in [0.25, 0.3) is 0 Å². The van der Waals surface area contributed by atoms with Gasteiger partial charge in [0.1, 0.15) is 0 Å². The average Bonchev–Trinajstić information content (AvgIpc) is 2.52. The highest BCUT2D eigenvalue weighted by Gasteiger charge is 2.09. The molecule has 0 spiro atoms. The molecule has 6 heteroatoms. The second-order valence-corrected chi connectivity index (χ2v) is 5.54. The molecule has 5 nitrogen and oxygen atoms in total. The number of unbranched alkanes of at least 4 members (excludes halogenated alkanes) is 1. The van der Waals surface area contributed by atoms with Crippen LogP contribution >= 0.6 is 24.0 Å². The highest BCUT2D eigenvalue weighted by molar-refractivity contribution is 14.0. The minimum absolute atomic E-state index is 0. The predicted octanol–water partition coefficient (Wildman–Crippen LogP) is 3.10. The van der Waals surface area contributed by atoms with Crippen molar-refractivity contribution in [3.63, 3.8) is 0 Å². The summed E-state index contributed by atoms with van der Waals surface area (Å²) in [5.74, 6) is 0.912. The molecule has 0 aliphatic heterocycles. The summed E-state index contributed by atoms with van der Waals surface area (Å²) in [5, 5.41) is 6.69. The van der Waals surface area contributed by atoms with Gasteiger partial charge in [-0.3, -0.25) is 9.89 Å². The van der Waals surface area contributed by atoms with Gasteiger partial charge in [-0.1, -0.05) is 27.2 Å². The van der Waals surface area contributed by atoms with Crippen molar-refractivity contribution in [2.75, 3.05) is 45.9 Å². The molecular formula is C17H39IN4O. The van der Waals surface area contributed by atoms with Crippen LogP contribution in [0.15, 0.2) is 4.99 Å². The zero-order valence-electron chi connectivity index (χ0n) is 15.9. The molecule has 0 radical (unpaired) electrons. The second-order valence-electron chi connectivity index (χ2n) is 5.54. The lowest BCUT2D eigenvalue weighted by molar-refractivity contribution is 0.129. The highest BCUT2D eigenvalue weighted by Crippen LogP contribution is 1.98. The summed E-state index contributed by atoms with van der Waals surface area (Å²) in [6.45, 7) is 17.4. The van der Waals surface area contributed by atoms with Crippen LogP contribution in [0.5, 0.6) is 0 Å². The molecule has 0 fully saturated rings. The summed E-state index contributed by atoms with van der Waals surface area (Å²) >= 11 is 0. The first-order chi connectivity index (χ1) is 10.7. The van der Waals surface area contributed by atoms with E-state index in [-0.39, 0.29) is 24.0 Å². The van der Waals surface area contributed by atoms with Crippen molar-refractivity contribution < 1.29 is 4.74 Å². The Morgan fingerprint density at radius 1 is 1.04 bits per heavy atom. The molecule has 0 saturated carbocycles. The number of hydrogen-bond donors (Lipinski definition) is 2. The number of ether oxygens (including phenoxy) is 1. The van der Waals surface area contributed by atoms with Crippen LogP contribution in [0.1, 0.15) is 53.9 Å². The third-order valence-corrected chi connectivity index (χ3v) is 3.69. The quantitative estimate of drug-likeness (QED) is 0.199. The van der Waals surface area contributed by atoms with E-state index in [0.29, 0.717) is 6.04 Å². The molecule has 140 valence electrons.